The lowest BCUT2D eigenvalue weighted by atomic mass is 9.93. The van der Waals surface area contributed by atoms with Crippen molar-refractivity contribution in [3.63, 3.8) is 0 Å². The second kappa shape index (κ2) is 10.2. The summed E-state index contributed by atoms with van der Waals surface area (Å²) in [5.74, 6) is -0.861. The van der Waals surface area contributed by atoms with Gasteiger partial charge in [0.2, 0.25) is 0 Å². The van der Waals surface area contributed by atoms with Gasteiger partial charge in [0, 0.05) is 45.0 Å². The first-order valence-corrected chi connectivity index (χ1v) is 11.5. The molecule has 0 spiro atoms. The van der Waals surface area contributed by atoms with E-state index in [1.54, 1.807) is 37.4 Å². The molecule has 34 heavy (non-hydrogen) atoms. The molecule has 3 amide bonds. The van der Waals surface area contributed by atoms with Crippen LogP contribution >= 0.6 is 27.5 Å². The van der Waals surface area contributed by atoms with Gasteiger partial charge in [-0.3, -0.25) is 30.2 Å². The SMILES string of the molecule is Cc1c(C(=O)NNC(=O)c2cccc(Cl)c2)oc2c1/C(=N/NC(=O)c1cncc(Br)c1)CCC2. The van der Waals surface area contributed by atoms with Crippen molar-refractivity contribution in [2.45, 2.75) is 26.2 Å². The number of aryl methyl sites for hydroxylation is 1. The molecule has 3 N–H and O–H groups in total. The van der Waals surface area contributed by atoms with Crippen molar-refractivity contribution in [2.75, 3.05) is 0 Å². The summed E-state index contributed by atoms with van der Waals surface area (Å²) in [4.78, 5) is 41.4. The molecule has 0 unspecified atom stereocenters. The summed E-state index contributed by atoms with van der Waals surface area (Å²) < 4.78 is 6.48. The molecule has 2 heterocycles. The van der Waals surface area contributed by atoms with E-state index in [0.717, 1.165) is 6.42 Å². The van der Waals surface area contributed by atoms with Gasteiger partial charge in [-0.1, -0.05) is 17.7 Å². The molecule has 3 aromatic rings. The van der Waals surface area contributed by atoms with Gasteiger partial charge in [0.05, 0.1) is 11.3 Å². The van der Waals surface area contributed by atoms with Crippen LogP contribution in [0.3, 0.4) is 0 Å². The molecule has 1 aromatic carbocycles. The van der Waals surface area contributed by atoms with Crippen LogP contribution in [0.2, 0.25) is 5.02 Å². The van der Waals surface area contributed by atoms with Gasteiger partial charge in [-0.15, -0.1) is 0 Å². The molecule has 174 valence electrons. The third-order valence-electron chi connectivity index (χ3n) is 5.17. The van der Waals surface area contributed by atoms with E-state index in [1.165, 1.54) is 12.3 Å². The number of fused-ring (bicyclic) bond motifs is 1. The maximum Gasteiger partial charge on any atom is 0.305 e. The minimum absolute atomic E-state index is 0.0634. The number of nitrogens with zero attached hydrogens (tertiary/aromatic N) is 2. The molecule has 9 nitrogen and oxygen atoms in total. The molecule has 0 aliphatic heterocycles. The number of hydrogen-bond acceptors (Lipinski definition) is 6. The normalized spacial score (nSPS) is 13.8. The highest BCUT2D eigenvalue weighted by Gasteiger charge is 2.28. The highest BCUT2D eigenvalue weighted by molar-refractivity contribution is 9.10. The van der Waals surface area contributed by atoms with Crippen LogP contribution in [0, 0.1) is 6.92 Å². The smallest absolute Gasteiger partial charge is 0.305 e. The van der Waals surface area contributed by atoms with E-state index in [4.69, 9.17) is 16.0 Å². The maximum atomic E-state index is 12.7. The standard InChI is InChI=1S/C23H19BrClN5O4/c1-12-19-17(27-28-22(32)14-8-15(24)11-26-10-14)6-3-7-18(19)34-20(12)23(33)30-29-21(31)13-4-2-5-16(25)9-13/h2,4-5,8-11H,3,6-7H2,1H3,(H,28,32)(H,29,31)(H,30,33)/b27-17+. The van der Waals surface area contributed by atoms with Crippen LogP contribution in [0.25, 0.3) is 0 Å². The van der Waals surface area contributed by atoms with E-state index < -0.39 is 17.7 Å². The molecule has 4 rings (SSSR count). The Labute approximate surface area is 208 Å². The molecule has 0 fully saturated rings. The Morgan fingerprint density at radius 3 is 2.62 bits per heavy atom. The van der Waals surface area contributed by atoms with E-state index >= 15 is 0 Å². The predicted molar refractivity (Wildman–Crippen MR) is 129 cm³/mol. The van der Waals surface area contributed by atoms with Crippen molar-refractivity contribution in [1.29, 1.82) is 0 Å². The minimum Gasteiger partial charge on any atom is -0.455 e. The monoisotopic (exact) mass is 543 g/mol. The topological polar surface area (TPSA) is 126 Å². The Bertz CT molecular complexity index is 1320. The second-order valence-electron chi connectivity index (χ2n) is 7.52. The molecule has 0 saturated carbocycles. The molecule has 1 aliphatic carbocycles. The quantitative estimate of drug-likeness (QED) is 0.429. The van der Waals surface area contributed by atoms with Gasteiger partial charge < -0.3 is 4.42 Å². The number of benzene rings is 1. The fourth-order valence-corrected chi connectivity index (χ4v) is 4.14. The zero-order valence-electron chi connectivity index (χ0n) is 17.9. The van der Waals surface area contributed by atoms with Gasteiger partial charge in [0.15, 0.2) is 5.76 Å². The summed E-state index contributed by atoms with van der Waals surface area (Å²) in [5.41, 5.74) is 9.78. The Kier molecular flexibility index (Phi) is 7.09. The van der Waals surface area contributed by atoms with Crippen molar-refractivity contribution in [2.24, 2.45) is 5.10 Å². The highest BCUT2D eigenvalue weighted by atomic mass is 79.9. The van der Waals surface area contributed by atoms with Gasteiger partial charge in [-0.25, -0.2) is 5.43 Å². The second-order valence-corrected chi connectivity index (χ2v) is 8.87. The number of hydrazine groups is 1. The van der Waals surface area contributed by atoms with Crippen molar-refractivity contribution < 1.29 is 18.8 Å². The molecule has 1 aliphatic rings. The molecule has 11 heteroatoms. The van der Waals surface area contributed by atoms with E-state index in [2.05, 4.69) is 42.3 Å². The number of carbonyl (C=O) groups excluding carboxylic acids is 3. The molecule has 0 atom stereocenters. The number of rotatable bonds is 4. The first-order valence-electron chi connectivity index (χ1n) is 10.3. The van der Waals surface area contributed by atoms with Crippen molar-refractivity contribution in [1.82, 2.24) is 21.3 Å². The number of furan rings is 1. The van der Waals surface area contributed by atoms with Gasteiger partial charge in [0.25, 0.3) is 11.8 Å². The van der Waals surface area contributed by atoms with Crippen LogP contribution < -0.4 is 16.3 Å². The number of amides is 3. The van der Waals surface area contributed by atoms with Crippen molar-refractivity contribution in [3.05, 3.63) is 86.0 Å². The summed E-state index contributed by atoms with van der Waals surface area (Å²) in [5, 5.41) is 4.69. The first kappa shape index (κ1) is 23.7. The van der Waals surface area contributed by atoms with Gasteiger partial charge in [-0.05, 0) is 60.0 Å². The number of carbonyl (C=O) groups is 3. The zero-order chi connectivity index (χ0) is 24.2. The molecule has 0 bridgehead atoms. The molecular weight excluding hydrogens is 526 g/mol. The fourth-order valence-electron chi connectivity index (χ4n) is 3.59. The number of pyridine rings is 1. The predicted octanol–water partition coefficient (Wildman–Crippen LogP) is 3.94. The number of nitrogens with one attached hydrogen (secondary N) is 3. The molecule has 2 aromatic heterocycles. The van der Waals surface area contributed by atoms with Crippen LogP contribution in [-0.4, -0.2) is 28.4 Å². The lowest BCUT2D eigenvalue weighted by Gasteiger charge is -2.13. The Morgan fingerprint density at radius 2 is 1.85 bits per heavy atom. The number of halogens is 2. The van der Waals surface area contributed by atoms with Crippen LogP contribution in [0.4, 0.5) is 0 Å². The van der Waals surface area contributed by atoms with Crippen LogP contribution in [0.5, 0.6) is 0 Å². The Morgan fingerprint density at radius 1 is 1.06 bits per heavy atom. The Balaban J connectivity index is 1.48. The van der Waals surface area contributed by atoms with Gasteiger partial charge >= 0.3 is 5.91 Å². The van der Waals surface area contributed by atoms with E-state index in [0.29, 0.717) is 56.1 Å². The van der Waals surface area contributed by atoms with E-state index in [-0.39, 0.29) is 5.76 Å². The summed E-state index contributed by atoms with van der Waals surface area (Å²) >= 11 is 9.18. The first-order chi connectivity index (χ1) is 16.3. The Hall–Kier alpha value is -3.50. The van der Waals surface area contributed by atoms with Crippen LogP contribution in [-0.2, 0) is 6.42 Å². The third-order valence-corrected chi connectivity index (χ3v) is 5.84. The molecular formula is C23H19BrClN5O4. The lowest BCUT2D eigenvalue weighted by Crippen LogP contribution is -2.41. The molecule has 0 radical (unpaired) electrons. The van der Waals surface area contributed by atoms with Crippen LogP contribution in [0.1, 0.15) is 61.0 Å². The zero-order valence-corrected chi connectivity index (χ0v) is 20.3. The lowest BCUT2D eigenvalue weighted by molar-refractivity contribution is 0.0829. The van der Waals surface area contributed by atoms with E-state index in [1.807, 2.05) is 0 Å². The van der Waals surface area contributed by atoms with E-state index in [9.17, 15) is 14.4 Å². The van der Waals surface area contributed by atoms with Crippen LogP contribution in [0.15, 0.2) is 56.7 Å². The average molecular weight is 545 g/mol. The summed E-state index contributed by atoms with van der Waals surface area (Å²) in [6, 6.07) is 7.98. The maximum absolute atomic E-state index is 12.7. The van der Waals surface area contributed by atoms with Gasteiger partial charge in [0.1, 0.15) is 5.76 Å². The number of aromatic nitrogens is 1. The van der Waals surface area contributed by atoms with Crippen molar-refractivity contribution in [3.8, 4) is 0 Å². The summed E-state index contributed by atoms with van der Waals surface area (Å²) in [6.45, 7) is 1.73. The average Bonchev–Trinajstić information content (AvgIpc) is 3.18. The number of hydrogen-bond donors (Lipinski definition) is 3. The third kappa shape index (κ3) is 5.18. The largest absolute Gasteiger partial charge is 0.455 e. The fraction of sp³-hybridized carbons (Fsp3) is 0.174. The number of hydrazone groups is 1. The summed E-state index contributed by atoms with van der Waals surface area (Å²) in [7, 11) is 0. The summed E-state index contributed by atoms with van der Waals surface area (Å²) in [6.07, 6.45) is 5.00. The highest BCUT2D eigenvalue weighted by Crippen LogP contribution is 2.29. The minimum atomic E-state index is -0.606. The van der Waals surface area contributed by atoms with Crippen molar-refractivity contribution >= 4 is 51.0 Å². The van der Waals surface area contributed by atoms with Gasteiger partial charge in [-0.2, -0.15) is 5.10 Å². The molecule has 0 saturated heterocycles.